The number of nitrogens with zero attached hydrogens (tertiary/aromatic N) is 2. The van der Waals surface area contributed by atoms with Gasteiger partial charge in [-0.25, -0.2) is 4.98 Å². The number of aromatic nitrogens is 1. The monoisotopic (exact) mass is 178 g/mol. The van der Waals surface area contributed by atoms with Crippen molar-refractivity contribution in [1.29, 1.82) is 0 Å². The van der Waals surface area contributed by atoms with Crippen molar-refractivity contribution in [3.63, 3.8) is 0 Å². The van der Waals surface area contributed by atoms with Gasteiger partial charge in [-0.15, -0.1) is 0 Å². The van der Waals surface area contributed by atoms with Gasteiger partial charge in [0.25, 0.3) is 0 Å². The van der Waals surface area contributed by atoms with Crippen LogP contribution in [0.5, 0.6) is 0 Å². The Morgan fingerprint density at radius 1 is 1.46 bits per heavy atom. The van der Waals surface area contributed by atoms with Crippen LogP contribution in [0.4, 0.5) is 0 Å². The van der Waals surface area contributed by atoms with Gasteiger partial charge in [-0.2, -0.15) is 0 Å². The molecule has 2 fully saturated rings. The second-order valence-corrected chi connectivity index (χ2v) is 4.35. The van der Waals surface area contributed by atoms with Gasteiger partial charge in [0, 0.05) is 6.54 Å². The number of hydrogen-bond donors (Lipinski definition) is 0. The zero-order valence-electron chi connectivity index (χ0n) is 7.92. The highest BCUT2D eigenvalue weighted by atomic mass is 16.3. The van der Waals surface area contributed by atoms with Crippen LogP contribution in [0.1, 0.15) is 24.4 Å². The third kappa shape index (κ3) is 0.967. The summed E-state index contributed by atoms with van der Waals surface area (Å²) in [4.78, 5) is 6.97. The smallest absolute Gasteiger partial charge is 0.201 e. The van der Waals surface area contributed by atoms with Crippen molar-refractivity contribution in [3.05, 3.63) is 17.8 Å². The van der Waals surface area contributed by atoms with Gasteiger partial charge in [0.05, 0.1) is 11.1 Å². The Bertz CT molecular complexity index is 323. The summed E-state index contributed by atoms with van der Waals surface area (Å²) >= 11 is 0. The first-order valence-electron chi connectivity index (χ1n) is 4.94. The standard InChI is InChI=1S/C10H14N2O/c1-8-6-13-9(11-8)10-2-4-12(7-10)5-3-10/h6H,2-5,7H2,1H3. The van der Waals surface area contributed by atoms with Crippen LogP contribution in [0.3, 0.4) is 0 Å². The van der Waals surface area contributed by atoms with E-state index in [4.69, 9.17) is 4.42 Å². The van der Waals surface area contributed by atoms with Crippen LogP contribution in [-0.2, 0) is 5.41 Å². The fraction of sp³-hybridized carbons (Fsp3) is 0.700. The molecule has 3 heterocycles. The molecular weight excluding hydrogens is 164 g/mol. The molecule has 3 heteroatoms. The first-order chi connectivity index (χ1) is 6.28. The van der Waals surface area contributed by atoms with E-state index < -0.39 is 0 Å². The van der Waals surface area contributed by atoms with Crippen LogP contribution in [0, 0.1) is 6.92 Å². The number of hydrogen-bond acceptors (Lipinski definition) is 3. The summed E-state index contributed by atoms with van der Waals surface area (Å²) < 4.78 is 5.53. The Hall–Kier alpha value is -0.830. The van der Waals surface area contributed by atoms with Crippen LogP contribution < -0.4 is 0 Å². The Labute approximate surface area is 77.7 Å². The zero-order chi connectivity index (χ0) is 8.89. The first-order valence-corrected chi connectivity index (χ1v) is 4.94. The summed E-state index contributed by atoms with van der Waals surface area (Å²) in [7, 11) is 0. The molecule has 0 spiro atoms. The van der Waals surface area contributed by atoms with E-state index in [0.29, 0.717) is 0 Å². The van der Waals surface area contributed by atoms with Gasteiger partial charge in [-0.3, -0.25) is 0 Å². The summed E-state index contributed by atoms with van der Waals surface area (Å²) in [5.74, 6) is 0.977. The quantitative estimate of drug-likeness (QED) is 0.649. The molecule has 2 aliphatic rings. The van der Waals surface area contributed by atoms with Crippen molar-refractivity contribution < 1.29 is 4.42 Å². The van der Waals surface area contributed by atoms with Crippen molar-refractivity contribution >= 4 is 0 Å². The van der Waals surface area contributed by atoms with Gasteiger partial charge in [0.2, 0.25) is 5.89 Å². The minimum atomic E-state index is 0.272. The van der Waals surface area contributed by atoms with Crippen LogP contribution >= 0.6 is 0 Å². The molecular formula is C10H14N2O. The highest BCUT2D eigenvalue weighted by molar-refractivity contribution is 5.15. The van der Waals surface area contributed by atoms with E-state index in [1.807, 2.05) is 6.92 Å². The number of rotatable bonds is 1. The number of aryl methyl sites for hydroxylation is 1. The van der Waals surface area contributed by atoms with Crippen LogP contribution in [-0.4, -0.2) is 29.5 Å². The maximum atomic E-state index is 5.53. The first kappa shape index (κ1) is 7.56. The van der Waals surface area contributed by atoms with Crippen LogP contribution in [0.25, 0.3) is 0 Å². The maximum absolute atomic E-state index is 5.53. The lowest BCUT2D eigenvalue weighted by atomic mass is 9.84. The zero-order valence-corrected chi connectivity index (χ0v) is 7.92. The minimum absolute atomic E-state index is 0.272. The number of piperidine rings is 1. The van der Waals surface area contributed by atoms with Gasteiger partial charge in [-0.1, -0.05) is 0 Å². The third-order valence-corrected chi connectivity index (χ3v) is 3.41. The lowest BCUT2D eigenvalue weighted by molar-refractivity contribution is 0.334. The van der Waals surface area contributed by atoms with Crippen LogP contribution in [0.2, 0.25) is 0 Å². The SMILES string of the molecule is Cc1coc(C23CCN(CC2)C3)n1. The lowest BCUT2D eigenvalue weighted by Crippen LogP contribution is -2.24. The normalized spacial score (nSPS) is 37.2. The highest BCUT2D eigenvalue weighted by Gasteiger charge is 2.48. The molecule has 70 valence electrons. The fourth-order valence-electron chi connectivity index (χ4n) is 2.60. The minimum Gasteiger partial charge on any atom is -0.448 e. The molecule has 0 atom stereocenters. The maximum Gasteiger partial charge on any atom is 0.201 e. The summed E-state index contributed by atoms with van der Waals surface area (Å²) in [5, 5.41) is 0. The average Bonchev–Trinajstić information content (AvgIpc) is 2.77. The fourth-order valence-corrected chi connectivity index (χ4v) is 2.60. The van der Waals surface area contributed by atoms with Gasteiger partial charge >= 0.3 is 0 Å². The number of oxazole rings is 1. The Morgan fingerprint density at radius 3 is 2.69 bits per heavy atom. The highest BCUT2D eigenvalue weighted by Crippen LogP contribution is 2.42. The molecule has 0 N–H and O–H groups in total. The third-order valence-electron chi connectivity index (χ3n) is 3.41. The summed E-state index contributed by atoms with van der Waals surface area (Å²) in [6.45, 7) is 5.60. The van der Waals surface area contributed by atoms with E-state index in [9.17, 15) is 0 Å². The van der Waals surface area contributed by atoms with Gasteiger partial charge in [-0.05, 0) is 32.9 Å². The molecule has 2 bridgehead atoms. The predicted octanol–water partition coefficient (Wildman–Crippen LogP) is 1.33. The molecule has 3 nitrogen and oxygen atoms in total. The molecule has 0 amide bonds. The number of fused-ring (bicyclic) bond motifs is 2. The van der Waals surface area contributed by atoms with Crippen LogP contribution in [0.15, 0.2) is 10.7 Å². The molecule has 2 saturated heterocycles. The molecule has 2 aliphatic heterocycles. The van der Waals surface area contributed by atoms with E-state index in [0.717, 1.165) is 18.1 Å². The molecule has 3 rings (SSSR count). The summed E-state index contributed by atoms with van der Waals surface area (Å²) in [6.07, 6.45) is 4.23. The van der Waals surface area contributed by atoms with Crippen molar-refractivity contribution in [1.82, 2.24) is 9.88 Å². The predicted molar refractivity (Wildman–Crippen MR) is 48.6 cm³/mol. The van der Waals surface area contributed by atoms with Crippen molar-refractivity contribution in [2.45, 2.75) is 25.2 Å². The second-order valence-electron chi connectivity index (χ2n) is 4.35. The van der Waals surface area contributed by atoms with Gasteiger partial charge < -0.3 is 9.32 Å². The summed E-state index contributed by atoms with van der Waals surface area (Å²) in [5.41, 5.74) is 1.28. The Balaban J connectivity index is 2.00. The van der Waals surface area contributed by atoms with Crippen molar-refractivity contribution in [2.24, 2.45) is 0 Å². The molecule has 13 heavy (non-hydrogen) atoms. The summed E-state index contributed by atoms with van der Waals surface area (Å²) in [6, 6.07) is 0. The second kappa shape index (κ2) is 2.35. The van der Waals surface area contributed by atoms with Gasteiger partial charge in [0.15, 0.2) is 0 Å². The Morgan fingerprint density at radius 2 is 2.23 bits per heavy atom. The molecule has 0 radical (unpaired) electrons. The van der Waals surface area contributed by atoms with E-state index in [1.54, 1.807) is 6.26 Å². The van der Waals surface area contributed by atoms with E-state index in [1.165, 1.54) is 25.9 Å². The lowest BCUT2D eigenvalue weighted by Gasteiger charge is -2.20. The molecule has 1 aromatic rings. The molecule has 0 aliphatic carbocycles. The molecule has 1 aromatic heterocycles. The van der Waals surface area contributed by atoms with E-state index in [-0.39, 0.29) is 5.41 Å². The molecule has 0 saturated carbocycles. The van der Waals surface area contributed by atoms with Gasteiger partial charge in [0.1, 0.15) is 6.26 Å². The van der Waals surface area contributed by atoms with E-state index >= 15 is 0 Å². The van der Waals surface area contributed by atoms with E-state index in [2.05, 4.69) is 9.88 Å². The molecule has 0 aromatic carbocycles. The van der Waals surface area contributed by atoms with Crippen molar-refractivity contribution in [2.75, 3.05) is 19.6 Å². The topological polar surface area (TPSA) is 29.3 Å². The van der Waals surface area contributed by atoms with Crippen molar-refractivity contribution in [3.8, 4) is 0 Å². The Kier molecular flexibility index (Phi) is 1.37. The molecule has 0 unspecified atom stereocenters. The largest absolute Gasteiger partial charge is 0.448 e. The average molecular weight is 178 g/mol.